The molecule has 1 heterocycles. The maximum absolute atomic E-state index is 14.7. The first-order chi connectivity index (χ1) is 38.4. The Morgan fingerprint density at radius 1 is 0.562 bits per heavy atom. The van der Waals surface area contributed by atoms with Crippen LogP contribution in [0.15, 0.2) is 102 Å². The van der Waals surface area contributed by atoms with Crippen molar-refractivity contribution in [3.05, 3.63) is 114 Å². The van der Waals surface area contributed by atoms with Gasteiger partial charge in [0.25, 0.3) is 0 Å². The van der Waals surface area contributed by atoms with Crippen molar-refractivity contribution in [2.45, 2.75) is 126 Å². The number of carbonyl (C=O) groups is 9. The highest BCUT2D eigenvalue weighted by atomic mass is 16.3. The zero-order valence-electron chi connectivity index (χ0n) is 44.8. The predicted octanol–water partition coefficient (Wildman–Crippen LogP) is -1.33. The van der Waals surface area contributed by atoms with Crippen molar-refractivity contribution in [3.63, 3.8) is 0 Å². The predicted molar refractivity (Wildman–Crippen MR) is 300 cm³/mol. The molecule has 24 nitrogen and oxygen atoms in total. The Labute approximate surface area is 464 Å². The van der Waals surface area contributed by atoms with Gasteiger partial charge in [0.1, 0.15) is 48.0 Å². The van der Waals surface area contributed by atoms with Crippen LogP contribution in [0, 0.1) is 0 Å². The van der Waals surface area contributed by atoms with Crippen LogP contribution in [-0.2, 0) is 62.4 Å². The van der Waals surface area contributed by atoms with Gasteiger partial charge in [-0.15, -0.1) is 0 Å². The number of nitrogens with one attached hydrogen (secondary N) is 8. The summed E-state index contributed by atoms with van der Waals surface area (Å²) in [4.78, 5) is 131. The Bertz CT molecular complexity index is 2780. The number of benzene rings is 4. The molecule has 0 spiro atoms. The van der Waals surface area contributed by atoms with E-state index in [1.807, 2.05) is 36.4 Å². The molecule has 0 aliphatic carbocycles. The molecule has 4 aromatic carbocycles. The van der Waals surface area contributed by atoms with E-state index in [0.29, 0.717) is 48.9 Å². The fraction of sp³-hybridized carbons (Fsp3) is 0.429. The quantitative estimate of drug-likeness (QED) is 0.0262. The van der Waals surface area contributed by atoms with Crippen LogP contribution in [0.5, 0.6) is 5.75 Å². The summed E-state index contributed by atoms with van der Waals surface area (Å²) in [6, 6.07) is 18.0. The molecular formula is C56H76N14O10. The van der Waals surface area contributed by atoms with Crippen molar-refractivity contribution in [2.24, 2.45) is 33.7 Å². The molecule has 9 amide bonds. The van der Waals surface area contributed by atoms with Gasteiger partial charge in [-0.2, -0.15) is 0 Å². The van der Waals surface area contributed by atoms with Gasteiger partial charge >= 0.3 is 0 Å². The van der Waals surface area contributed by atoms with Gasteiger partial charge < -0.3 is 76.3 Å². The van der Waals surface area contributed by atoms with Crippen LogP contribution >= 0.6 is 0 Å². The topological polar surface area (TPSA) is 413 Å². The van der Waals surface area contributed by atoms with Crippen molar-refractivity contribution in [2.75, 3.05) is 26.2 Å². The summed E-state index contributed by atoms with van der Waals surface area (Å²) in [7, 11) is 0. The lowest BCUT2D eigenvalue weighted by Gasteiger charge is -2.27. The second kappa shape index (κ2) is 32.3. The number of amides is 9. The number of nitrogens with two attached hydrogens (primary N) is 5. The van der Waals surface area contributed by atoms with E-state index in [2.05, 4.69) is 47.5 Å². The molecule has 0 bridgehead atoms. The molecule has 19 N–H and O–H groups in total. The van der Waals surface area contributed by atoms with E-state index in [1.54, 1.807) is 48.5 Å². The number of aliphatic imine (C=N–C) groups is 1. The minimum Gasteiger partial charge on any atom is -0.508 e. The van der Waals surface area contributed by atoms with Crippen molar-refractivity contribution >= 4 is 69.9 Å². The summed E-state index contributed by atoms with van der Waals surface area (Å²) >= 11 is 0. The van der Waals surface area contributed by atoms with Gasteiger partial charge in [-0.3, -0.25) is 48.1 Å². The fourth-order valence-electron chi connectivity index (χ4n) is 8.97. The van der Waals surface area contributed by atoms with Gasteiger partial charge in [0.2, 0.25) is 53.2 Å². The van der Waals surface area contributed by atoms with Gasteiger partial charge in [-0.1, -0.05) is 84.9 Å². The second-order valence-electron chi connectivity index (χ2n) is 19.7. The number of rotatable bonds is 21. The van der Waals surface area contributed by atoms with E-state index in [4.69, 9.17) is 28.7 Å². The Kier molecular flexibility index (Phi) is 25.1. The molecule has 80 heavy (non-hydrogen) atoms. The lowest BCUT2D eigenvalue weighted by atomic mass is 10.00. The molecule has 430 valence electrons. The summed E-state index contributed by atoms with van der Waals surface area (Å²) in [6.45, 7) is -0.110. The van der Waals surface area contributed by atoms with Crippen molar-refractivity contribution in [1.29, 1.82) is 0 Å². The smallest absolute Gasteiger partial charge is 0.243 e. The third-order valence-corrected chi connectivity index (χ3v) is 13.3. The monoisotopic (exact) mass is 1100 g/mol. The molecule has 5 rings (SSSR count). The van der Waals surface area contributed by atoms with Crippen molar-refractivity contribution in [1.82, 2.24) is 42.5 Å². The standard InChI is InChI=1S/C56H76N14O10/c57-26-8-6-15-40(49(59)74)66-53(78)43-24-25-47(72)65-45(30-34-11-2-1-3-12-34)54(79)70-46(31-35-19-22-39(71)23-20-35)55(80)68-41(16-7-9-27-58)51(76)67-42(17-10-28-62-56(60)61)52(77)69-44(50(75)63-33-48(73)64-43)32-36-18-21-37-13-4-5-14-38(37)29-36/h1-5,11-14,18-23,29,40-46,71H,6-10,15-17,24-28,30-33,57-58H2,(H2,59,74)(H,63,75)(H,64,73)(H,65,72)(H,66,78)(H,67,76)(H,68,80)(H,69,77)(H,70,79)(H4,60,61,62)/t40-,41-,42+,43+,44-,45-,46-/m0/s1. The van der Waals surface area contributed by atoms with Crippen molar-refractivity contribution < 1.29 is 48.3 Å². The van der Waals surface area contributed by atoms with Gasteiger partial charge in [-0.25, -0.2) is 0 Å². The lowest BCUT2D eigenvalue weighted by Crippen LogP contribution is -2.60. The molecular weight excluding hydrogens is 1030 g/mol. The summed E-state index contributed by atoms with van der Waals surface area (Å²) in [5, 5.41) is 33.3. The van der Waals surface area contributed by atoms with Crippen molar-refractivity contribution in [3.8, 4) is 5.75 Å². The van der Waals surface area contributed by atoms with Crippen LogP contribution in [-0.4, -0.2) is 133 Å². The third kappa shape index (κ3) is 21.0. The SMILES string of the molecule is NCCCC[C@H](NC(=O)[C@H]1CCC(=O)N[C@@H](Cc2ccccc2)C(=O)N[C@@H](Cc2ccc(O)cc2)C(=O)N[C@@H](CCCCN)C(=O)N[C@H](CCCN=C(N)N)C(=O)N[C@@H](Cc2ccc3ccccc3c2)C(=O)NCC(=O)N1)C(N)=O. The maximum Gasteiger partial charge on any atom is 0.243 e. The molecule has 1 saturated heterocycles. The van der Waals surface area contributed by atoms with Crippen LogP contribution in [0.2, 0.25) is 0 Å². The number of carbonyl (C=O) groups excluding carboxylic acids is 9. The number of unbranched alkanes of at least 4 members (excludes halogenated alkanes) is 2. The normalized spacial score (nSPS) is 20.6. The number of guanidine groups is 1. The zero-order chi connectivity index (χ0) is 58.0. The second-order valence-corrected chi connectivity index (χ2v) is 19.7. The minimum atomic E-state index is -1.50. The number of nitrogens with zero attached hydrogens (tertiary/aromatic N) is 1. The van der Waals surface area contributed by atoms with Crippen LogP contribution in [0.25, 0.3) is 10.8 Å². The molecule has 1 fully saturated rings. The third-order valence-electron chi connectivity index (χ3n) is 13.3. The summed E-state index contributed by atoms with van der Waals surface area (Å²) < 4.78 is 0. The molecule has 7 atom stereocenters. The highest BCUT2D eigenvalue weighted by Gasteiger charge is 2.34. The molecule has 0 radical (unpaired) electrons. The summed E-state index contributed by atoms with van der Waals surface area (Å²) in [6.07, 6.45) is 0.814. The van der Waals surface area contributed by atoms with Crippen LogP contribution < -0.4 is 71.2 Å². The van der Waals surface area contributed by atoms with Crippen LogP contribution in [0.3, 0.4) is 0 Å². The average molecular weight is 1110 g/mol. The van der Waals surface area contributed by atoms with Gasteiger partial charge in [0, 0.05) is 32.2 Å². The van der Waals surface area contributed by atoms with E-state index in [0.717, 1.165) is 10.8 Å². The lowest BCUT2D eigenvalue weighted by molar-refractivity contribution is -0.135. The molecule has 0 aromatic heterocycles. The number of primary amides is 1. The van der Waals surface area contributed by atoms with E-state index in [1.165, 1.54) is 12.1 Å². The van der Waals surface area contributed by atoms with Gasteiger partial charge in [-0.05, 0) is 110 Å². The van der Waals surface area contributed by atoms with Gasteiger partial charge in [0.05, 0.1) is 6.54 Å². The Balaban J connectivity index is 1.58. The highest BCUT2D eigenvalue weighted by Crippen LogP contribution is 2.18. The number of phenols is 1. The van der Waals surface area contributed by atoms with Gasteiger partial charge in [0.15, 0.2) is 5.96 Å². The van der Waals surface area contributed by atoms with E-state index < -0.39 is 108 Å². The minimum absolute atomic E-state index is 0.0369. The number of hydrogen-bond donors (Lipinski definition) is 14. The van der Waals surface area contributed by atoms with E-state index >= 15 is 0 Å². The molecule has 1 aliphatic rings. The summed E-state index contributed by atoms with van der Waals surface area (Å²) in [5.74, 6) is -7.69. The molecule has 24 heteroatoms. The summed E-state index contributed by atoms with van der Waals surface area (Å²) in [5.41, 5.74) is 30.1. The number of hydrogen-bond acceptors (Lipinski definition) is 13. The zero-order valence-corrected chi connectivity index (χ0v) is 44.8. The molecule has 0 unspecified atom stereocenters. The average Bonchev–Trinajstić information content (AvgIpc) is 3.43. The highest BCUT2D eigenvalue weighted by molar-refractivity contribution is 5.98. The fourth-order valence-corrected chi connectivity index (χ4v) is 8.97. The maximum atomic E-state index is 14.7. The number of fused-ring (bicyclic) bond motifs is 1. The van der Waals surface area contributed by atoms with Crippen LogP contribution in [0.4, 0.5) is 0 Å². The first kappa shape index (κ1) is 62.2. The number of aromatic hydroxyl groups is 1. The van der Waals surface area contributed by atoms with E-state index in [-0.39, 0.29) is 76.2 Å². The van der Waals surface area contributed by atoms with E-state index in [9.17, 15) is 48.3 Å². The first-order valence-corrected chi connectivity index (χ1v) is 26.9. The molecule has 1 aliphatic heterocycles. The number of phenolic OH excluding ortho intramolecular Hbond substituents is 1. The Morgan fingerprint density at radius 3 is 1.71 bits per heavy atom. The molecule has 4 aromatic rings. The largest absolute Gasteiger partial charge is 0.508 e. The molecule has 0 saturated carbocycles. The van der Waals surface area contributed by atoms with Crippen LogP contribution in [0.1, 0.15) is 80.9 Å². The Morgan fingerprint density at radius 2 is 1.09 bits per heavy atom. The first-order valence-electron chi connectivity index (χ1n) is 26.9. The Hall–Kier alpha value is -8.64.